The topological polar surface area (TPSA) is 65.0 Å². The van der Waals surface area contributed by atoms with Crippen LogP contribution in [0.3, 0.4) is 0 Å². The molecule has 1 amide bonds. The molecule has 1 unspecified atom stereocenters. The Balaban J connectivity index is 2.51. The number of rotatable bonds is 3. The molecule has 1 N–H and O–H groups in total. The lowest BCUT2D eigenvalue weighted by Gasteiger charge is -2.24. The molecule has 1 rings (SSSR count). The highest BCUT2D eigenvalue weighted by atomic mass is 16.3. The Hall–Kier alpha value is -1.17. The highest BCUT2D eigenvalue weighted by Gasteiger charge is 2.22. The maximum Gasteiger partial charge on any atom is 0.236 e. The van der Waals surface area contributed by atoms with Crippen molar-refractivity contribution in [2.75, 3.05) is 20.1 Å². The smallest absolute Gasteiger partial charge is 0.236 e. The number of nitrogens with one attached hydrogen (secondary N) is 1. The number of hydrazine groups is 1. The summed E-state index contributed by atoms with van der Waals surface area (Å²) >= 11 is 0. The Kier molecular flexibility index (Phi) is 4.48. The average molecular weight is 214 g/mol. The molecule has 6 nitrogen and oxygen atoms in total. The van der Waals surface area contributed by atoms with E-state index in [1.54, 1.807) is 0 Å². The number of hydrogen-bond acceptors (Lipinski definition) is 4. The summed E-state index contributed by atoms with van der Waals surface area (Å²) in [4.78, 5) is 23.6. The van der Waals surface area contributed by atoms with Gasteiger partial charge < -0.3 is 4.90 Å². The van der Waals surface area contributed by atoms with Crippen LogP contribution in [-0.2, 0) is 4.79 Å². The van der Waals surface area contributed by atoms with Crippen LogP contribution in [0.15, 0.2) is 5.29 Å². The summed E-state index contributed by atoms with van der Waals surface area (Å²) in [6, 6.07) is 0.0244. The number of nitrogens with zero attached hydrogens (tertiary/aromatic N) is 3. The first-order chi connectivity index (χ1) is 7.13. The van der Waals surface area contributed by atoms with Crippen LogP contribution in [0.5, 0.6) is 0 Å². The van der Waals surface area contributed by atoms with Crippen LogP contribution in [-0.4, -0.2) is 42.1 Å². The molecule has 15 heavy (non-hydrogen) atoms. The van der Waals surface area contributed by atoms with Crippen molar-refractivity contribution in [1.29, 1.82) is 0 Å². The van der Waals surface area contributed by atoms with Crippen molar-refractivity contribution in [2.45, 2.75) is 32.2 Å². The summed E-state index contributed by atoms with van der Waals surface area (Å²) in [6.07, 6.45) is 2.76. The molecular weight excluding hydrogens is 196 g/mol. The first kappa shape index (κ1) is 11.9. The number of carbonyl (C=O) groups is 1. The van der Waals surface area contributed by atoms with Crippen LogP contribution in [0.4, 0.5) is 0 Å². The third-order valence-corrected chi connectivity index (χ3v) is 2.63. The summed E-state index contributed by atoms with van der Waals surface area (Å²) in [7, 11) is 2.06. The van der Waals surface area contributed by atoms with Crippen molar-refractivity contribution in [3.63, 3.8) is 0 Å². The number of likely N-dealkylation sites (tertiary alicyclic amines) is 1. The predicted octanol–water partition coefficient (Wildman–Crippen LogP) is 0.505. The fourth-order valence-corrected chi connectivity index (χ4v) is 1.81. The highest BCUT2D eigenvalue weighted by Crippen LogP contribution is 2.14. The zero-order valence-electron chi connectivity index (χ0n) is 9.27. The van der Waals surface area contributed by atoms with Crippen molar-refractivity contribution in [1.82, 2.24) is 15.4 Å². The van der Waals surface area contributed by atoms with Crippen LogP contribution < -0.4 is 5.43 Å². The Morgan fingerprint density at radius 3 is 2.80 bits per heavy atom. The van der Waals surface area contributed by atoms with Gasteiger partial charge in [0, 0.05) is 6.92 Å². The fourth-order valence-electron chi connectivity index (χ4n) is 1.81. The molecule has 1 saturated heterocycles. The van der Waals surface area contributed by atoms with Crippen molar-refractivity contribution >= 4 is 5.91 Å². The minimum absolute atomic E-state index is 0.0244. The summed E-state index contributed by atoms with van der Waals surface area (Å²) in [6.45, 7) is 3.33. The highest BCUT2D eigenvalue weighted by molar-refractivity contribution is 5.72. The van der Waals surface area contributed by atoms with E-state index in [1.165, 1.54) is 6.92 Å². The first-order valence-electron chi connectivity index (χ1n) is 5.21. The van der Waals surface area contributed by atoms with Crippen LogP contribution in [0, 0.1) is 4.91 Å². The zero-order valence-corrected chi connectivity index (χ0v) is 9.27. The van der Waals surface area contributed by atoms with E-state index in [4.69, 9.17) is 0 Å². The fraction of sp³-hybridized carbons (Fsp3) is 0.889. The quantitative estimate of drug-likeness (QED) is 0.549. The predicted molar refractivity (Wildman–Crippen MR) is 56.6 cm³/mol. The van der Waals surface area contributed by atoms with E-state index in [0.29, 0.717) is 0 Å². The molecule has 0 spiro atoms. The van der Waals surface area contributed by atoms with Gasteiger partial charge in [-0.2, -0.15) is 5.12 Å². The normalized spacial score (nSPS) is 22.9. The van der Waals surface area contributed by atoms with Crippen LogP contribution in [0.2, 0.25) is 0 Å². The maximum atomic E-state index is 10.8. The van der Waals surface area contributed by atoms with Gasteiger partial charge in [0.15, 0.2) is 0 Å². The SMILES string of the molecule is CC(=O)NN(N=O)C1CCCN(C)CC1. The van der Waals surface area contributed by atoms with Gasteiger partial charge in [-0.3, -0.25) is 4.79 Å². The summed E-state index contributed by atoms with van der Waals surface area (Å²) in [5.41, 5.74) is 2.44. The van der Waals surface area contributed by atoms with Crippen molar-refractivity contribution < 1.29 is 4.79 Å². The van der Waals surface area contributed by atoms with Crippen molar-refractivity contribution in [3.8, 4) is 0 Å². The van der Waals surface area contributed by atoms with Gasteiger partial charge in [0.05, 0.1) is 11.3 Å². The lowest BCUT2D eigenvalue weighted by molar-refractivity contribution is -0.125. The third kappa shape index (κ3) is 3.83. The Morgan fingerprint density at radius 2 is 2.20 bits per heavy atom. The monoisotopic (exact) mass is 214 g/mol. The number of carbonyl (C=O) groups excluding carboxylic acids is 1. The molecule has 1 aliphatic heterocycles. The third-order valence-electron chi connectivity index (χ3n) is 2.63. The summed E-state index contributed by atoms with van der Waals surface area (Å²) < 4.78 is 0. The minimum atomic E-state index is -0.257. The van der Waals surface area contributed by atoms with Gasteiger partial charge in [0.25, 0.3) is 0 Å². The van der Waals surface area contributed by atoms with Gasteiger partial charge in [-0.15, -0.1) is 4.91 Å². The van der Waals surface area contributed by atoms with Crippen LogP contribution in [0.25, 0.3) is 0 Å². The van der Waals surface area contributed by atoms with Crippen molar-refractivity contribution in [3.05, 3.63) is 4.91 Å². The molecule has 6 heteroatoms. The molecule has 1 fully saturated rings. The molecule has 0 aliphatic carbocycles. The maximum absolute atomic E-state index is 10.8. The second kappa shape index (κ2) is 5.65. The molecule has 0 aromatic carbocycles. The number of amides is 1. The van der Waals surface area contributed by atoms with Gasteiger partial charge in [-0.1, -0.05) is 0 Å². The summed E-state index contributed by atoms with van der Waals surface area (Å²) in [5, 5.41) is 4.01. The van der Waals surface area contributed by atoms with Gasteiger partial charge in [-0.05, 0) is 39.4 Å². The second-order valence-electron chi connectivity index (χ2n) is 3.98. The van der Waals surface area contributed by atoms with Gasteiger partial charge in [-0.25, -0.2) is 5.43 Å². The molecular formula is C9H18N4O2. The Labute approximate surface area is 89.5 Å². The average Bonchev–Trinajstić information content (AvgIpc) is 2.39. The number of nitroso groups, excluding NO2 is 1. The molecule has 0 bridgehead atoms. The van der Waals surface area contributed by atoms with E-state index in [-0.39, 0.29) is 11.9 Å². The molecule has 0 radical (unpaired) electrons. The van der Waals surface area contributed by atoms with Gasteiger partial charge in [0.2, 0.25) is 5.91 Å². The zero-order chi connectivity index (χ0) is 11.3. The minimum Gasteiger partial charge on any atom is -0.306 e. The second-order valence-corrected chi connectivity index (χ2v) is 3.98. The van der Waals surface area contributed by atoms with Gasteiger partial charge >= 0.3 is 0 Å². The Bertz CT molecular complexity index is 234. The van der Waals surface area contributed by atoms with E-state index >= 15 is 0 Å². The molecule has 0 aromatic heterocycles. The molecule has 86 valence electrons. The van der Waals surface area contributed by atoms with Gasteiger partial charge in [0.1, 0.15) is 0 Å². The van der Waals surface area contributed by atoms with E-state index in [2.05, 4.69) is 22.7 Å². The first-order valence-corrected chi connectivity index (χ1v) is 5.21. The van der Waals surface area contributed by atoms with E-state index in [1.807, 2.05) is 0 Å². The largest absolute Gasteiger partial charge is 0.306 e. The lowest BCUT2D eigenvalue weighted by Crippen LogP contribution is -2.44. The Morgan fingerprint density at radius 1 is 1.47 bits per heavy atom. The number of hydrogen-bond donors (Lipinski definition) is 1. The summed E-state index contributed by atoms with van der Waals surface area (Å²) in [5.74, 6) is -0.257. The molecule has 0 aromatic rings. The van der Waals surface area contributed by atoms with E-state index in [9.17, 15) is 9.70 Å². The molecule has 1 atom stereocenters. The van der Waals surface area contributed by atoms with E-state index < -0.39 is 0 Å². The molecule has 1 heterocycles. The van der Waals surface area contributed by atoms with E-state index in [0.717, 1.165) is 37.5 Å². The molecule has 1 aliphatic rings. The standard InChI is InChI=1S/C9H18N4O2/c1-8(14)10-13(11-15)9-4-3-6-12(2)7-5-9/h9H,3-7H2,1-2H3,(H,10,14). The lowest BCUT2D eigenvalue weighted by atomic mass is 10.1. The molecule has 0 saturated carbocycles. The van der Waals surface area contributed by atoms with Crippen LogP contribution >= 0.6 is 0 Å². The van der Waals surface area contributed by atoms with Crippen LogP contribution in [0.1, 0.15) is 26.2 Å². The van der Waals surface area contributed by atoms with Crippen molar-refractivity contribution in [2.24, 2.45) is 5.29 Å².